The fraction of sp³-hybridized carbons (Fsp3) is 0.286. The quantitative estimate of drug-likeness (QED) is 0.246. The molecule has 0 unspecified atom stereocenters. The molecule has 0 aliphatic heterocycles. The fourth-order valence-electron chi connectivity index (χ4n) is 3.87. The van der Waals surface area contributed by atoms with Crippen LogP contribution in [0, 0.1) is 0 Å². The number of benzene rings is 3. The van der Waals surface area contributed by atoms with E-state index < -0.39 is 6.04 Å². The van der Waals surface area contributed by atoms with Crippen molar-refractivity contribution in [2.45, 2.75) is 45.2 Å². The Hall–Kier alpha value is -2.24. The Morgan fingerprint density at radius 3 is 1.92 bits per heavy atom. The Morgan fingerprint density at radius 2 is 1.36 bits per heavy atom. The third-order valence-electron chi connectivity index (χ3n) is 5.88. The first-order valence-electron chi connectivity index (χ1n) is 11.8. The molecule has 1 N–H and O–H groups in total. The molecule has 0 saturated heterocycles. The molecule has 3 aromatic rings. The number of amides is 2. The molecular weight excluding hydrogens is 538 g/mol. The second kappa shape index (κ2) is 13.9. The molecule has 1 atom stereocenters. The van der Waals surface area contributed by atoms with Crippen molar-refractivity contribution >= 4 is 58.2 Å². The van der Waals surface area contributed by atoms with Crippen LogP contribution in [-0.4, -0.2) is 29.3 Å². The zero-order chi connectivity index (χ0) is 26.1. The summed E-state index contributed by atoms with van der Waals surface area (Å²) in [4.78, 5) is 28.9. The molecule has 8 heteroatoms. The van der Waals surface area contributed by atoms with Crippen molar-refractivity contribution in [1.29, 1.82) is 0 Å². The highest BCUT2D eigenvalue weighted by molar-refractivity contribution is 6.36. The molecule has 0 spiro atoms. The molecule has 0 aliphatic rings. The zero-order valence-corrected chi connectivity index (χ0v) is 23.0. The summed E-state index contributed by atoms with van der Waals surface area (Å²) in [6, 6.07) is 19.0. The van der Waals surface area contributed by atoms with E-state index in [1.165, 1.54) is 4.90 Å². The lowest BCUT2D eigenvalue weighted by Crippen LogP contribution is -2.51. The Labute approximate surface area is 232 Å². The molecule has 36 heavy (non-hydrogen) atoms. The van der Waals surface area contributed by atoms with E-state index in [0.717, 1.165) is 18.4 Å². The van der Waals surface area contributed by atoms with Crippen molar-refractivity contribution in [2.24, 2.45) is 0 Å². The van der Waals surface area contributed by atoms with Crippen molar-refractivity contribution < 1.29 is 9.59 Å². The second-order valence-electron chi connectivity index (χ2n) is 8.45. The summed E-state index contributed by atoms with van der Waals surface area (Å²) in [5, 5.41) is 4.60. The van der Waals surface area contributed by atoms with Crippen molar-refractivity contribution in [3.8, 4) is 0 Å². The predicted molar refractivity (Wildman–Crippen MR) is 149 cm³/mol. The summed E-state index contributed by atoms with van der Waals surface area (Å²) < 4.78 is 0. The topological polar surface area (TPSA) is 49.4 Å². The van der Waals surface area contributed by atoms with Gasteiger partial charge in [-0.1, -0.05) is 102 Å². The molecule has 0 saturated carbocycles. The van der Waals surface area contributed by atoms with Gasteiger partial charge in [0.2, 0.25) is 11.8 Å². The summed E-state index contributed by atoms with van der Waals surface area (Å²) in [5.74, 6) is -0.554. The molecule has 4 nitrogen and oxygen atoms in total. The average molecular weight is 566 g/mol. The molecule has 2 amide bonds. The predicted octanol–water partition coefficient (Wildman–Crippen LogP) is 7.40. The highest BCUT2D eigenvalue weighted by Crippen LogP contribution is 2.29. The van der Waals surface area contributed by atoms with Gasteiger partial charge < -0.3 is 10.2 Å². The minimum Gasteiger partial charge on any atom is -0.354 e. The van der Waals surface area contributed by atoms with E-state index in [9.17, 15) is 9.59 Å². The number of carbonyl (C=O) groups is 2. The summed E-state index contributed by atoms with van der Waals surface area (Å²) in [6.45, 7) is 2.63. The number of unbranched alkanes of at least 4 members (excludes halogenated alkanes) is 1. The van der Waals surface area contributed by atoms with Crippen molar-refractivity contribution in [3.63, 3.8) is 0 Å². The van der Waals surface area contributed by atoms with Crippen molar-refractivity contribution in [1.82, 2.24) is 10.2 Å². The number of rotatable bonds is 11. The van der Waals surface area contributed by atoms with E-state index in [-0.39, 0.29) is 24.8 Å². The van der Waals surface area contributed by atoms with Gasteiger partial charge in [0, 0.05) is 45.2 Å². The largest absolute Gasteiger partial charge is 0.354 e. The number of carbonyl (C=O) groups excluding carboxylic acids is 2. The summed E-state index contributed by atoms with van der Waals surface area (Å²) in [5.41, 5.74) is 2.00. The van der Waals surface area contributed by atoms with Crippen molar-refractivity contribution in [3.05, 3.63) is 104 Å². The molecule has 0 aromatic heterocycles. The van der Waals surface area contributed by atoms with E-state index in [2.05, 4.69) is 12.2 Å². The number of nitrogens with zero attached hydrogens (tertiary/aromatic N) is 1. The molecule has 0 heterocycles. The standard InChI is InChI=1S/C28H28Cl4N2O2/c1-2-3-15-33-28(36)26(16-19-9-5-4-6-10-19)34(18-21-24(31)13-8-14-25(21)32)27(35)17-20-22(29)11-7-12-23(20)30/h4-14,26H,2-3,15-18H2,1H3,(H,33,36)/t26-/m1/s1. The van der Waals surface area contributed by atoms with Crippen LogP contribution >= 0.6 is 46.4 Å². The Bertz CT molecular complexity index is 1150. The van der Waals surface area contributed by atoms with Gasteiger partial charge in [-0.25, -0.2) is 0 Å². The molecule has 0 radical (unpaired) electrons. The lowest BCUT2D eigenvalue weighted by atomic mass is 10.0. The van der Waals surface area contributed by atoms with E-state index >= 15 is 0 Å². The monoisotopic (exact) mass is 564 g/mol. The number of hydrogen-bond donors (Lipinski definition) is 1. The molecule has 0 fully saturated rings. The summed E-state index contributed by atoms with van der Waals surface area (Å²) >= 11 is 25.7. The molecule has 190 valence electrons. The van der Waals surface area contributed by atoms with Crippen molar-refractivity contribution in [2.75, 3.05) is 6.54 Å². The first-order chi connectivity index (χ1) is 17.3. The van der Waals surface area contributed by atoms with Crippen LogP contribution in [0.2, 0.25) is 20.1 Å². The van der Waals surface area contributed by atoms with E-state index in [4.69, 9.17) is 46.4 Å². The van der Waals surface area contributed by atoms with Gasteiger partial charge in [0.25, 0.3) is 0 Å². The van der Waals surface area contributed by atoms with Gasteiger partial charge in [-0.05, 0) is 41.8 Å². The third-order valence-corrected chi connectivity index (χ3v) is 7.30. The van der Waals surface area contributed by atoms with Crippen LogP contribution in [0.5, 0.6) is 0 Å². The third kappa shape index (κ3) is 7.63. The van der Waals surface area contributed by atoms with E-state index in [1.54, 1.807) is 36.4 Å². The lowest BCUT2D eigenvalue weighted by molar-refractivity contribution is -0.140. The average Bonchev–Trinajstić information content (AvgIpc) is 2.86. The van der Waals surface area contributed by atoms with Crippen LogP contribution < -0.4 is 5.32 Å². The van der Waals surface area contributed by atoms with Crippen LogP contribution in [0.25, 0.3) is 0 Å². The summed E-state index contributed by atoms with van der Waals surface area (Å²) in [6.07, 6.45) is 2.02. The smallest absolute Gasteiger partial charge is 0.243 e. The number of nitrogens with one attached hydrogen (secondary N) is 1. The Balaban J connectivity index is 2.03. The number of halogens is 4. The fourth-order valence-corrected chi connectivity index (χ4v) is 4.92. The van der Waals surface area contributed by atoms with Crippen LogP contribution in [0.4, 0.5) is 0 Å². The SMILES string of the molecule is CCCCNC(=O)[C@@H](Cc1ccccc1)N(Cc1c(Cl)cccc1Cl)C(=O)Cc1c(Cl)cccc1Cl. The van der Waals surface area contributed by atoms with Gasteiger partial charge in [0.05, 0.1) is 6.42 Å². The minimum atomic E-state index is -0.801. The molecule has 3 aromatic carbocycles. The van der Waals surface area contributed by atoms with Gasteiger partial charge in [-0.15, -0.1) is 0 Å². The lowest BCUT2D eigenvalue weighted by Gasteiger charge is -2.32. The Kier molecular flexibility index (Phi) is 10.9. The molecule has 0 bridgehead atoms. The van der Waals surface area contributed by atoms with E-state index in [1.807, 2.05) is 30.3 Å². The van der Waals surface area contributed by atoms with Gasteiger partial charge in [-0.3, -0.25) is 9.59 Å². The first-order valence-corrected chi connectivity index (χ1v) is 13.3. The maximum atomic E-state index is 13.9. The van der Waals surface area contributed by atoms with Gasteiger partial charge in [0.15, 0.2) is 0 Å². The minimum absolute atomic E-state index is 0.0537. The number of hydrogen-bond acceptors (Lipinski definition) is 2. The highest BCUT2D eigenvalue weighted by Gasteiger charge is 2.31. The first kappa shape index (κ1) is 28.3. The molecule has 3 rings (SSSR count). The van der Waals surface area contributed by atoms with E-state index in [0.29, 0.717) is 44.2 Å². The van der Waals surface area contributed by atoms with Crippen LogP contribution in [0.15, 0.2) is 66.7 Å². The Morgan fingerprint density at radius 1 is 0.806 bits per heavy atom. The summed E-state index contributed by atoms with van der Waals surface area (Å²) in [7, 11) is 0. The van der Waals surface area contributed by atoms with Crippen LogP contribution in [0.3, 0.4) is 0 Å². The molecule has 0 aliphatic carbocycles. The van der Waals surface area contributed by atoms with Gasteiger partial charge in [-0.2, -0.15) is 0 Å². The maximum Gasteiger partial charge on any atom is 0.243 e. The van der Waals surface area contributed by atoms with Gasteiger partial charge in [0.1, 0.15) is 6.04 Å². The second-order valence-corrected chi connectivity index (χ2v) is 10.1. The highest BCUT2D eigenvalue weighted by atomic mass is 35.5. The zero-order valence-electron chi connectivity index (χ0n) is 19.9. The van der Waals surface area contributed by atoms with Crippen LogP contribution in [-0.2, 0) is 29.0 Å². The molecular formula is C28H28Cl4N2O2. The van der Waals surface area contributed by atoms with Gasteiger partial charge >= 0.3 is 0 Å². The van der Waals surface area contributed by atoms with Crippen LogP contribution in [0.1, 0.15) is 36.5 Å². The maximum absolute atomic E-state index is 13.9. The normalized spacial score (nSPS) is 11.7.